The van der Waals surface area contributed by atoms with E-state index in [4.69, 9.17) is 9.47 Å². The molecule has 0 unspecified atom stereocenters. The van der Waals surface area contributed by atoms with Crippen LogP contribution in [0.15, 0.2) is 35.3 Å². The van der Waals surface area contributed by atoms with Crippen LogP contribution in [0.5, 0.6) is 0 Å². The number of aliphatic imine (C=N–C) groups is 1. The van der Waals surface area contributed by atoms with Gasteiger partial charge in [0.15, 0.2) is 5.96 Å². The lowest BCUT2D eigenvalue weighted by atomic mass is 10.2. The van der Waals surface area contributed by atoms with Crippen LogP contribution in [0.4, 0.5) is 0 Å². The number of carbonyl (C=O) groups excluding carboxylic acids is 1. The molecular formula is C18H31IN4O3. The molecule has 1 aromatic rings. The first-order valence-corrected chi connectivity index (χ1v) is 8.58. The van der Waals surface area contributed by atoms with Gasteiger partial charge >= 0.3 is 0 Å². The third-order valence-electron chi connectivity index (χ3n) is 3.39. The Labute approximate surface area is 173 Å². The standard InChI is InChI=1S/C18H30N4O3.HI/c1-19-18(20-10-6-12-25-14-13-24-2)21-11-9-17(23)22-15-16-7-4-3-5-8-16;/h3-5,7-8H,6,9-15H2,1-2H3,(H,22,23)(H2,19,20,21);1H. The van der Waals surface area contributed by atoms with Crippen molar-refractivity contribution in [2.75, 3.05) is 47.1 Å². The molecule has 0 bridgehead atoms. The molecule has 1 rings (SSSR count). The van der Waals surface area contributed by atoms with Gasteiger partial charge in [-0.3, -0.25) is 9.79 Å². The van der Waals surface area contributed by atoms with Crippen LogP contribution in [0.3, 0.4) is 0 Å². The molecule has 8 heteroatoms. The van der Waals surface area contributed by atoms with Crippen molar-refractivity contribution in [1.82, 2.24) is 16.0 Å². The summed E-state index contributed by atoms with van der Waals surface area (Å²) in [4.78, 5) is 16.0. The number of amides is 1. The third-order valence-corrected chi connectivity index (χ3v) is 3.39. The zero-order valence-corrected chi connectivity index (χ0v) is 18.0. The average Bonchev–Trinajstić information content (AvgIpc) is 2.65. The minimum Gasteiger partial charge on any atom is -0.382 e. The molecule has 0 aliphatic rings. The van der Waals surface area contributed by atoms with E-state index in [0.29, 0.717) is 45.3 Å². The summed E-state index contributed by atoms with van der Waals surface area (Å²) in [5.74, 6) is 0.700. The number of benzene rings is 1. The smallest absolute Gasteiger partial charge is 0.222 e. The Balaban J connectivity index is 0.00000625. The fourth-order valence-corrected chi connectivity index (χ4v) is 2.03. The molecule has 0 aliphatic heterocycles. The molecule has 3 N–H and O–H groups in total. The minimum atomic E-state index is 0. The molecule has 0 spiro atoms. The van der Waals surface area contributed by atoms with Gasteiger partial charge in [0, 0.05) is 46.8 Å². The summed E-state index contributed by atoms with van der Waals surface area (Å²) in [6, 6.07) is 9.86. The molecule has 0 aliphatic carbocycles. The maximum atomic E-state index is 11.8. The predicted octanol–water partition coefficient (Wildman–Crippen LogP) is 1.53. The van der Waals surface area contributed by atoms with Crippen molar-refractivity contribution in [2.24, 2.45) is 4.99 Å². The highest BCUT2D eigenvalue weighted by atomic mass is 127. The molecule has 0 heterocycles. The van der Waals surface area contributed by atoms with Gasteiger partial charge in [-0.1, -0.05) is 30.3 Å². The van der Waals surface area contributed by atoms with Gasteiger partial charge in [-0.25, -0.2) is 0 Å². The Hall–Kier alpha value is -1.39. The highest BCUT2D eigenvalue weighted by Gasteiger charge is 2.02. The van der Waals surface area contributed by atoms with Gasteiger partial charge in [0.1, 0.15) is 0 Å². The van der Waals surface area contributed by atoms with E-state index < -0.39 is 0 Å². The maximum Gasteiger partial charge on any atom is 0.222 e. The van der Waals surface area contributed by atoms with Gasteiger partial charge < -0.3 is 25.4 Å². The van der Waals surface area contributed by atoms with E-state index in [0.717, 1.165) is 18.5 Å². The fraction of sp³-hybridized carbons (Fsp3) is 0.556. The van der Waals surface area contributed by atoms with Crippen LogP contribution in [-0.4, -0.2) is 58.9 Å². The second-order valence-electron chi connectivity index (χ2n) is 5.40. The number of hydrogen-bond donors (Lipinski definition) is 3. The summed E-state index contributed by atoms with van der Waals surface area (Å²) in [5.41, 5.74) is 1.09. The summed E-state index contributed by atoms with van der Waals surface area (Å²) in [7, 11) is 3.36. The SMILES string of the molecule is CN=C(NCCCOCCOC)NCCC(=O)NCc1ccccc1.I. The summed E-state index contributed by atoms with van der Waals surface area (Å²) in [6.45, 7) is 3.74. The molecule has 0 saturated heterocycles. The minimum absolute atomic E-state index is 0. The van der Waals surface area contributed by atoms with Crippen LogP contribution in [0.2, 0.25) is 0 Å². The van der Waals surface area contributed by atoms with Gasteiger partial charge in [0.05, 0.1) is 13.2 Å². The zero-order valence-electron chi connectivity index (χ0n) is 15.6. The Bertz CT molecular complexity index is 500. The van der Waals surface area contributed by atoms with Crippen molar-refractivity contribution in [1.29, 1.82) is 0 Å². The topological polar surface area (TPSA) is 84.0 Å². The first-order valence-electron chi connectivity index (χ1n) is 8.58. The number of nitrogens with zero attached hydrogens (tertiary/aromatic N) is 1. The normalized spacial score (nSPS) is 10.8. The van der Waals surface area contributed by atoms with E-state index in [1.807, 2.05) is 30.3 Å². The summed E-state index contributed by atoms with van der Waals surface area (Å²) in [5, 5.41) is 9.22. The van der Waals surface area contributed by atoms with E-state index in [-0.39, 0.29) is 29.9 Å². The van der Waals surface area contributed by atoms with Crippen molar-refractivity contribution >= 4 is 35.8 Å². The van der Waals surface area contributed by atoms with E-state index >= 15 is 0 Å². The Morgan fingerprint density at radius 3 is 2.46 bits per heavy atom. The summed E-state index contributed by atoms with van der Waals surface area (Å²) >= 11 is 0. The fourth-order valence-electron chi connectivity index (χ4n) is 2.03. The van der Waals surface area contributed by atoms with Gasteiger partial charge in [0.25, 0.3) is 0 Å². The lowest BCUT2D eigenvalue weighted by molar-refractivity contribution is -0.121. The summed E-state index contributed by atoms with van der Waals surface area (Å²) < 4.78 is 10.3. The molecule has 148 valence electrons. The predicted molar refractivity (Wildman–Crippen MR) is 115 cm³/mol. The van der Waals surface area contributed by atoms with Crippen molar-refractivity contribution in [3.63, 3.8) is 0 Å². The maximum absolute atomic E-state index is 11.8. The number of nitrogens with one attached hydrogen (secondary N) is 3. The molecule has 0 saturated carbocycles. The van der Waals surface area contributed by atoms with Crippen LogP contribution in [0, 0.1) is 0 Å². The highest BCUT2D eigenvalue weighted by molar-refractivity contribution is 14.0. The third kappa shape index (κ3) is 12.9. The monoisotopic (exact) mass is 478 g/mol. The second-order valence-corrected chi connectivity index (χ2v) is 5.40. The first kappa shape index (κ1) is 24.6. The van der Waals surface area contributed by atoms with Crippen LogP contribution in [-0.2, 0) is 20.8 Å². The molecule has 1 aromatic carbocycles. The zero-order chi connectivity index (χ0) is 18.2. The summed E-state index contributed by atoms with van der Waals surface area (Å²) in [6.07, 6.45) is 1.27. The Morgan fingerprint density at radius 2 is 1.77 bits per heavy atom. The van der Waals surface area contributed by atoms with Crippen LogP contribution < -0.4 is 16.0 Å². The number of guanidine groups is 1. The van der Waals surface area contributed by atoms with E-state index in [1.165, 1.54) is 0 Å². The second kappa shape index (κ2) is 17.0. The first-order chi connectivity index (χ1) is 12.3. The van der Waals surface area contributed by atoms with Crippen LogP contribution >= 0.6 is 24.0 Å². The van der Waals surface area contributed by atoms with Gasteiger partial charge in [-0.05, 0) is 12.0 Å². The number of halogens is 1. The molecule has 0 atom stereocenters. The average molecular weight is 478 g/mol. The van der Waals surface area contributed by atoms with Crippen LogP contribution in [0.25, 0.3) is 0 Å². The number of methoxy groups -OCH3 is 1. The molecule has 7 nitrogen and oxygen atoms in total. The molecule has 26 heavy (non-hydrogen) atoms. The number of ether oxygens (including phenoxy) is 2. The van der Waals surface area contributed by atoms with Crippen molar-refractivity contribution in [2.45, 2.75) is 19.4 Å². The van der Waals surface area contributed by atoms with Crippen molar-refractivity contribution < 1.29 is 14.3 Å². The Kier molecular flexibility index (Phi) is 16.1. The van der Waals surface area contributed by atoms with Gasteiger partial charge in [-0.15, -0.1) is 24.0 Å². The van der Waals surface area contributed by atoms with Crippen LogP contribution in [0.1, 0.15) is 18.4 Å². The Morgan fingerprint density at radius 1 is 1.04 bits per heavy atom. The number of rotatable bonds is 12. The lowest BCUT2D eigenvalue weighted by Gasteiger charge is -2.12. The molecule has 0 fully saturated rings. The van der Waals surface area contributed by atoms with Gasteiger partial charge in [-0.2, -0.15) is 0 Å². The molecule has 0 radical (unpaired) electrons. The molecular weight excluding hydrogens is 447 g/mol. The van der Waals surface area contributed by atoms with E-state index in [1.54, 1.807) is 14.2 Å². The lowest BCUT2D eigenvalue weighted by Crippen LogP contribution is -2.39. The van der Waals surface area contributed by atoms with Crippen molar-refractivity contribution in [3.8, 4) is 0 Å². The number of hydrogen-bond acceptors (Lipinski definition) is 4. The molecule has 1 amide bonds. The van der Waals surface area contributed by atoms with E-state index in [9.17, 15) is 4.79 Å². The molecule has 0 aromatic heterocycles. The van der Waals surface area contributed by atoms with Gasteiger partial charge in [0.2, 0.25) is 5.91 Å². The number of carbonyl (C=O) groups is 1. The highest BCUT2D eigenvalue weighted by Crippen LogP contribution is 1.97. The largest absolute Gasteiger partial charge is 0.382 e. The quantitative estimate of drug-likeness (QED) is 0.184. The van der Waals surface area contributed by atoms with Crippen molar-refractivity contribution in [3.05, 3.63) is 35.9 Å². The van der Waals surface area contributed by atoms with E-state index in [2.05, 4.69) is 20.9 Å².